The normalized spacial score (nSPS) is 10.2. The molecule has 3 N–H and O–H groups in total. The smallest absolute Gasteiger partial charge is 0.311 e. The van der Waals surface area contributed by atoms with Crippen LogP contribution in [0.5, 0.6) is 5.75 Å². The second-order valence-corrected chi connectivity index (χ2v) is 6.08. The van der Waals surface area contributed by atoms with Gasteiger partial charge in [-0.15, -0.1) is 0 Å². The summed E-state index contributed by atoms with van der Waals surface area (Å²) in [6.45, 7) is 3.79. The maximum atomic E-state index is 12.1. The molecule has 0 spiro atoms. The zero-order valence-corrected chi connectivity index (χ0v) is 14.9. The van der Waals surface area contributed by atoms with Gasteiger partial charge in [0.25, 0.3) is 5.91 Å². The molecule has 6 heteroatoms. The first-order chi connectivity index (χ1) is 12.3. The maximum absolute atomic E-state index is 12.1. The molecule has 0 aliphatic carbocycles. The Labute approximate surface area is 152 Å². The molecule has 2 amide bonds. The average molecular weight is 354 g/mol. The fourth-order valence-electron chi connectivity index (χ4n) is 2.52. The third-order valence-electron chi connectivity index (χ3n) is 3.85. The van der Waals surface area contributed by atoms with Gasteiger partial charge in [-0.3, -0.25) is 14.4 Å². The van der Waals surface area contributed by atoms with E-state index in [1.807, 2.05) is 26.0 Å². The van der Waals surface area contributed by atoms with E-state index in [9.17, 15) is 14.4 Å². The molecule has 0 aliphatic heterocycles. The Morgan fingerprint density at radius 2 is 1.85 bits per heavy atom. The van der Waals surface area contributed by atoms with Crippen molar-refractivity contribution in [1.82, 2.24) is 5.32 Å². The van der Waals surface area contributed by atoms with E-state index < -0.39 is 11.8 Å². The minimum Gasteiger partial charge on any atom is -0.426 e. The molecule has 26 heavy (non-hydrogen) atoms. The first-order valence-corrected chi connectivity index (χ1v) is 8.28. The quantitative estimate of drug-likeness (QED) is 0.587. The lowest BCUT2D eigenvalue weighted by Crippen LogP contribution is -2.33. The SMILES string of the molecule is Cc1ccc(CCC(=O)Oc2cccc(C(=O)NCC(N)=O)c2)c(C)c1. The summed E-state index contributed by atoms with van der Waals surface area (Å²) < 4.78 is 5.31. The van der Waals surface area contributed by atoms with Gasteiger partial charge in [-0.1, -0.05) is 29.8 Å². The molecule has 136 valence electrons. The number of hydrogen-bond donors (Lipinski definition) is 2. The van der Waals surface area contributed by atoms with Gasteiger partial charge in [0, 0.05) is 12.0 Å². The van der Waals surface area contributed by atoms with Gasteiger partial charge >= 0.3 is 5.97 Å². The number of aryl methyl sites for hydroxylation is 3. The first-order valence-electron chi connectivity index (χ1n) is 8.28. The van der Waals surface area contributed by atoms with Crippen molar-refractivity contribution in [2.45, 2.75) is 26.7 Å². The molecule has 0 aromatic heterocycles. The van der Waals surface area contributed by atoms with Crippen molar-refractivity contribution in [3.05, 3.63) is 64.7 Å². The number of esters is 1. The van der Waals surface area contributed by atoms with Crippen molar-refractivity contribution in [1.29, 1.82) is 0 Å². The van der Waals surface area contributed by atoms with Crippen molar-refractivity contribution in [3.63, 3.8) is 0 Å². The van der Waals surface area contributed by atoms with Crippen LogP contribution in [0.4, 0.5) is 0 Å². The Hall–Kier alpha value is -3.15. The Kier molecular flexibility index (Phi) is 6.49. The highest BCUT2D eigenvalue weighted by Crippen LogP contribution is 2.16. The monoisotopic (exact) mass is 354 g/mol. The highest BCUT2D eigenvalue weighted by atomic mass is 16.5. The van der Waals surface area contributed by atoms with Crippen LogP contribution in [0, 0.1) is 13.8 Å². The van der Waals surface area contributed by atoms with Gasteiger partial charge in [0.2, 0.25) is 5.91 Å². The van der Waals surface area contributed by atoms with Crippen LogP contribution < -0.4 is 15.8 Å². The summed E-state index contributed by atoms with van der Waals surface area (Å²) in [5.41, 5.74) is 8.70. The number of benzene rings is 2. The number of carbonyl (C=O) groups excluding carboxylic acids is 3. The van der Waals surface area contributed by atoms with Gasteiger partial charge < -0.3 is 15.8 Å². The Morgan fingerprint density at radius 1 is 1.08 bits per heavy atom. The van der Waals surface area contributed by atoms with Gasteiger partial charge in [0.15, 0.2) is 0 Å². The van der Waals surface area contributed by atoms with Crippen molar-refractivity contribution in [3.8, 4) is 5.75 Å². The summed E-state index contributed by atoms with van der Waals surface area (Å²) in [7, 11) is 0. The molecule has 0 saturated heterocycles. The molecule has 2 aromatic carbocycles. The number of ether oxygens (including phenoxy) is 1. The van der Waals surface area contributed by atoms with Crippen LogP contribution in [-0.4, -0.2) is 24.3 Å². The number of amides is 2. The number of nitrogens with one attached hydrogen (secondary N) is 1. The van der Waals surface area contributed by atoms with Gasteiger partial charge in [0.05, 0.1) is 6.54 Å². The second kappa shape index (κ2) is 8.80. The van der Waals surface area contributed by atoms with E-state index in [1.54, 1.807) is 18.2 Å². The lowest BCUT2D eigenvalue weighted by Gasteiger charge is -2.08. The largest absolute Gasteiger partial charge is 0.426 e. The summed E-state index contributed by atoms with van der Waals surface area (Å²) >= 11 is 0. The van der Waals surface area contributed by atoms with Gasteiger partial charge in [-0.05, 0) is 49.6 Å². The summed E-state index contributed by atoms with van der Waals surface area (Å²) in [6.07, 6.45) is 0.825. The predicted octanol–water partition coefficient (Wildman–Crippen LogP) is 2.06. The molecular weight excluding hydrogens is 332 g/mol. The van der Waals surface area contributed by atoms with Crippen LogP contribution >= 0.6 is 0 Å². The number of primary amides is 1. The Bertz CT molecular complexity index is 830. The summed E-state index contributed by atoms with van der Waals surface area (Å²) in [4.78, 5) is 34.7. The molecular formula is C20H22N2O4. The number of rotatable bonds is 7. The minimum absolute atomic E-state index is 0.238. The molecule has 2 rings (SSSR count). The molecule has 0 heterocycles. The van der Waals surface area contributed by atoms with E-state index in [0.717, 1.165) is 11.1 Å². The van der Waals surface area contributed by atoms with Crippen LogP contribution in [0.25, 0.3) is 0 Å². The third kappa shape index (κ3) is 5.73. The lowest BCUT2D eigenvalue weighted by atomic mass is 10.0. The summed E-state index contributed by atoms with van der Waals surface area (Å²) in [5.74, 6) is -1.19. The fourth-order valence-corrected chi connectivity index (χ4v) is 2.52. The molecule has 0 saturated carbocycles. The van der Waals surface area contributed by atoms with Crippen LogP contribution in [-0.2, 0) is 16.0 Å². The topological polar surface area (TPSA) is 98.5 Å². The molecule has 0 bridgehead atoms. The van der Waals surface area contributed by atoms with Crippen molar-refractivity contribution < 1.29 is 19.1 Å². The van der Waals surface area contributed by atoms with E-state index >= 15 is 0 Å². The number of nitrogens with two attached hydrogens (primary N) is 1. The molecule has 0 fully saturated rings. The second-order valence-electron chi connectivity index (χ2n) is 6.08. The number of hydrogen-bond acceptors (Lipinski definition) is 4. The van der Waals surface area contributed by atoms with Gasteiger partial charge in [0.1, 0.15) is 5.75 Å². The van der Waals surface area contributed by atoms with E-state index in [2.05, 4.69) is 11.4 Å². The Balaban J connectivity index is 1.93. The van der Waals surface area contributed by atoms with Crippen LogP contribution in [0.1, 0.15) is 33.5 Å². The highest BCUT2D eigenvalue weighted by molar-refractivity contribution is 5.96. The van der Waals surface area contributed by atoms with Crippen molar-refractivity contribution >= 4 is 17.8 Å². The van der Waals surface area contributed by atoms with Gasteiger partial charge in [-0.25, -0.2) is 0 Å². The fraction of sp³-hybridized carbons (Fsp3) is 0.250. The predicted molar refractivity (Wildman–Crippen MR) is 97.8 cm³/mol. The van der Waals surface area contributed by atoms with Gasteiger partial charge in [-0.2, -0.15) is 0 Å². The van der Waals surface area contributed by atoms with E-state index in [-0.39, 0.29) is 30.2 Å². The van der Waals surface area contributed by atoms with Crippen molar-refractivity contribution in [2.24, 2.45) is 5.73 Å². The first kappa shape index (κ1) is 19.2. The highest BCUT2D eigenvalue weighted by Gasteiger charge is 2.11. The van der Waals surface area contributed by atoms with E-state index in [1.165, 1.54) is 11.6 Å². The Morgan fingerprint density at radius 3 is 2.54 bits per heavy atom. The zero-order valence-electron chi connectivity index (χ0n) is 14.9. The van der Waals surface area contributed by atoms with Crippen LogP contribution in [0.3, 0.4) is 0 Å². The lowest BCUT2D eigenvalue weighted by molar-refractivity contribution is -0.134. The standard InChI is InChI=1S/C20H22N2O4/c1-13-6-7-15(14(2)10-13)8-9-19(24)26-17-5-3-4-16(11-17)20(25)22-12-18(21)23/h3-7,10-11H,8-9,12H2,1-2H3,(H2,21,23)(H,22,25). The molecule has 0 atom stereocenters. The summed E-state index contributed by atoms with van der Waals surface area (Å²) in [6, 6.07) is 12.3. The maximum Gasteiger partial charge on any atom is 0.311 e. The molecule has 2 aromatic rings. The van der Waals surface area contributed by atoms with Crippen LogP contribution in [0.15, 0.2) is 42.5 Å². The van der Waals surface area contributed by atoms with Crippen LogP contribution in [0.2, 0.25) is 0 Å². The van der Waals surface area contributed by atoms with E-state index in [4.69, 9.17) is 10.5 Å². The average Bonchev–Trinajstić information content (AvgIpc) is 2.59. The minimum atomic E-state index is -0.632. The number of carbonyl (C=O) groups is 3. The zero-order chi connectivity index (χ0) is 19.1. The van der Waals surface area contributed by atoms with E-state index in [0.29, 0.717) is 6.42 Å². The summed E-state index contributed by atoms with van der Waals surface area (Å²) in [5, 5.41) is 2.38. The van der Waals surface area contributed by atoms with Crippen molar-refractivity contribution in [2.75, 3.05) is 6.54 Å². The molecule has 0 aliphatic rings. The molecule has 0 unspecified atom stereocenters. The third-order valence-corrected chi connectivity index (χ3v) is 3.85. The molecule has 6 nitrogen and oxygen atoms in total. The molecule has 0 radical (unpaired) electrons.